The molecule has 2 rings (SSSR count). The first kappa shape index (κ1) is 13.5. The summed E-state index contributed by atoms with van der Waals surface area (Å²) >= 11 is 0. The SMILES string of the molecule is O=C(O)CC1COCCN1Cc1ccc([N+](=O)[O-])o1. The third-order valence-electron chi connectivity index (χ3n) is 2.95. The molecule has 0 spiro atoms. The Bertz CT molecular complexity index is 472. The van der Waals surface area contributed by atoms with E-state index in [1.54, 1.807) is 0 Å². The Balaban J connectivity index is 2.01. The number of aliphatic carboxylic acids is 1. The van der Waals surface area contributed by atoms with Gasteiger partial charge in [-0.3, -0.25) is 19.8 Å². The molecule has 1 aromatic rings. The van der Waals surface area contributed by atoms with Gasteiger partial charge in [-0.15, -0.1) is 0 Å². The zero-order valence-corrected chi connectivity index (χ0v) is 10.2. The summed E-state index contributed by atoms with van der Waals surface area (Å²) in [4.78, 5) is 22.6. The molecule has 1 fully saturated rings. The molecule has 1 aromatic heterocycles. The highest BCUT2D eigenvalue weighted by atomic mass is 16.6. The highest BCUT2D eigenvalue weighted by Gasteiger charge is 2.26. The maximum Gasteiger partial charge on any atom is 0.433 e. The number of carboxylic acids is 1. The Labute approximate surface area is 108 Å². The van der Waals surface area contributed by atoms with Crippen molar-refractivity contribution >= 4 is 11.9 Å². The minimum Gasteiger partial charge on any atom is -0.481 e. The molecule has 1 saturated heterocycles. The van der Waals surface area contributed by atoms with Crippen LogP contribution in [-0.2, 0) is 16.1 Å². The molecule has 0 amide bonds. The standard InChI is InChI=1S/C11H14N2O6/c14-11(15)5-8-7-18-4-3-12(8)6-9-1-2-10(19-9)13(16)17/h1-2,8H,3-7H2,(H,14,15). The van der Waals surface area contributed by atoms with Gasteiger partial charge in [0.25, 0.3) is 0 Å². The number of rotatable bonds is 5. The van der Waals surface area contributed by atoms with Crippen LogP contribution in [0.15, 0.2) is 16.5 Å². The van der Waals surface area contributed by atoms with Crippen molar-refractivity contribution in [2.75, 3.05) is 19.8 Å². The molecule has 0 radical (unpaired) electrons. The fourth-order valence-corrected chi connectivity index (χ4v) is 2.04. The Morgan fingerprint density at radius 1 is 1.58 bits per heavy atom. The molecule has 8 nitrogen and oxygen atoms in total. The highest BCUT2D eigenvalue weighted by molar-refractivity contribution is 5.67. The van der Waals surface area contributed by atoms with Gasteiger partial charge in [-0.05, 0) is 6.07 Å². The lowest BCUT2D eigenvalue weighted by atomic mass is 10.1. The minimum atomic E-state index is -0.897. The van der Waals surface area contributed by atoms with Crippen LogP contribution in [0.3, 0.4) is 0 Å². The number of morpholine rings is 1. The number of nitro groups is 1. The van der Waals surface area contributed by atoms with Gasteiger partial charge in [0.15, 0.2) is 0 Å². The highest BCUT2D eigenvalue weighted by Crippen LogP contribution is 2.20. The van der Waals surface area contributed by atoms with E-state index in [-0.39, 0.29) is 18.3 Å². The maximum atomic E-state index is 10.8. The monoisotopic (exact) mass is 270 g/mol. The molecule has 104 valence electrons. The van der Waals surface area contributed by atoms with Gasteiger partial charge in [0.2, 0.25) is 0 Å². The second kappa shape index (κ2) is 5.81. The molecule has 1 N–H and O–H groups in total. The summed E-state index contributed by atoms with van der Waals surface area (Å²) < 4.78 is 10.3. The van der Waals surface area contributed by atoms with Crippen LogP contribution in [-0.4, -0.2) is 46.7 Å². The van der Waals surface area contributed by atoms with Gasteiger partial charge in [-0.1, -0.05) is 0 Å². The summed E-state index contributed by atoms with van der Waals surface area (Å²) in [5.74, 6) is -0.757. The molecule has 8 heteroatoms. The summed E-state index contributed by atoms with van der Waals surface area (Å²) in [6, 6.07) is 2.59. The molecule has 0 aromatic carbocycles. The molecule has 1 aliphatic heterocycles. The minimum absolute atomic E-state index is 0.0250. The van der Waals surface area contributed by atoms with Crippen molar-refractivity contribution in [1.29, 1.82) is 0 Å². The quantitative estimate of drug-likeness (QED) is 0.624. The van der Waals surface area contributed by atoms with Crippen molar-refractivity contribution in [3.05, 3.63) is 28.0 Å². The van der Waals surface area contributed by atoms with Gasteiger partial charge >= 0.3 is 11.9 Å². The Kier molecular flexibility index (Phi) is 4.13. The van der Waals surface area contributed by atoms with Crippen molar-refractivity contribution in [2.24, 2.45) is 0 Å². The topological polar surface area (TPSA) is 106 Å². The largest absolute Gasteiger partial charge is 0.481 e. The van der Waals surface area contributed by atoms with Crippen LogP contribution in [0.2, 0.25) is 0 Å². The maximum absolute atomic E-state index is 10.8. The van der Waals surface area contributed by atoms with Crippen molar-refractivity contribution in [3.8, 4) is 0 Å². The van der Waals surface area contributed by atoms with Gasteiger partial charge < -0.3 is 14.3 Å². The van der Waals surface area contributed by atoms with Gasteiger partial charge in [0.1, 0.15) is 10.7 Å². The van der Waals surface area contributed by atoms with E-state index >= 15 is 0 Å². The van der Waals surface area contributed by atoms with Crippen molar-refractivity contribution in [3.63, 3.8) is 0 Å². The second-order valence-corrected chi connectivity index (χ2v) is 4.29. The van der Waals surface area contributed by atoms with Crippen LogP contribution in [0, 0.1) is 10.1 Å². The zero-order valence-electron chi connectivity index (χ0n) is 10.2. The number of carbonyl (C=O) groups is 1. The molecule has 1 aliphatic rings. The summed E-state index contributed by atoms with van der Waals surface area (Å²) in [5, 5.41) is 19.3. The number of ether oxygens (including phenoxy) is 1. The van der Waals surface area contributed by atoms with Crippen molar-refractivity contribution in [2.45, 2.75) is 19.0 Å². The smallest absolute Gasteiger partial charge is 0.433 e. The van der Waals surface area contributed by atoms with Gasteiger partial charge in [-0.25, -0.2) is 0 Å². The summed E-state index contributed by atoms with van der Waals surface area (Å²) in [6.45, 7) is 1.77. The van der Waals surface area contributed by atoms with Crippen LogP contribution in [0.4, 0.5) is 5.88 Å². The van der Waals surface area contributed by atoms with E-state index in [0.717, 1.165) is 0 Å². The number of furan rings is 1. The van der Waals surface area contributed by atoms with Crippen molar-refractivity contribution < 1.29 is 24.0 Å². The van der Waals surface area contributed by atoms with Crippen LogP contribution in [0.1, 0.15) is 12.2 Å². The zero-order chi connectivity index (χ0) is 13.8. The Morgan fingerprint density at radius 3 is 3.00 bits per heavy atom. The Morgan fingerprint density at radius 2 is 2.37 bits per heavy atom. The van der Waals surface area contributed by atoms with Gasteiger partial charge in [0.05, 0.1) is 32.2 Å². The molecule has 19 heavy (non-hydrogen) atoms. The lowest BCUT2D eigenvalue weighted by Crippen LogP contribution is -2.45. The third-order valence-corrected chi connectivity index (χ3v) is 2.95. The summed E-state index contributed by atoms with van der Waals surface area (Å²) in [7, 11) is 0. The molecular formula is C11H14N2O6. The van der Waals surface area contributed by atoms with E-state index in [4.69, 9.17) is 14.3 Å². The first-order chi connectivity index (χ1) is 9.06. The molecule has 1 atom stereocenters. The number of hydrogen-bond donors (Lipinski definition) is 1. The van der Waals surface area contributed by atoms with Gasteiger partial charge in [0, 0.05) is 12.6 Å². The van der Waals surface area contributed by atoms with E-state index in [9.17, 15) is 14.9 Å². The lowest BCUT2D eigenvalue weighted by Gasteiger charge is -2.33. The summed E-state index contributed by atoms with van der Waals surface area (Å²) in [6.07, 6.45) is -0.0250. The average molecular weight is 270 g/mol. The normalized spacial score (nSPS) is 20.3. The van der Waals surface area contributed by atoms with Crippen LogP contribution < -0.4 is 0 Å². The van der Waals surface area contributed by atoms with Crippen LogP contribution >= 0.6 is 0 Å². The Hall–Kier alpha value is -1.93. The molecular weight excluding hydrogens is 256 g/mol. The van der Waals surface area contributed by atoms with E-state index in [0.29, 0.717) is 32.1 Å². The first-order valence-corrected chi connectivity index (χ1v) is 5.83. The van der Waals surface area contributed by atoms with E-state index < -0.39 is 10.9 Å². The molecule has 0 aliphatic carbocycles. The third kappa shape index (κ3) is 3.52. The molecule has 0 bridgehead atoms. The van der Waals surface area contributed by atoms with E-state index in [1.807, 2.05) is 4.90 Å². The number of carboxylic acid groups (broad SMARTS) is 1. The fraction of sp³-hybridized carbons (Fsp3) is 0.545. The predicted molar refractivity (Wildman–Crippen MR) is 62.6 cm³/mol. The summed E-state index contributed by atoms with van der Waals surface area (Å²) in [5.41, 5.74) is 0. The molecule has 1 unspecified atom stereocenters. The van der Waals surface area contributed by atoms with Gasteiger partial charge in [-0.2, -0.15) is 0 Å². The molecule has 2 heterocycles. The van der Waals surface area contributed by atoms with E-state index in [2.05, 4.69) is 0 Å². The second-order valence-electron chi connectivity index (χ2n) is 4.29. The van der Waals surface area contributed by atoms with Crippen LogP contribution in [0.5, 0.6) is 0 Å². The number of nitrogens with zero attached hydrogens (tertiary/aromatic N) is 2. The average Bonchev–Trinajstić information content (AvgIpc) is 2.80. The first-order valence-electron chi connectivity index (χ1n) is 5.83. The predicted octanol–water partition coefficient (Wildman–Crippen LogP) is 0.863. The van der Waals surface area contributed by atoms with Crippen molar-refractivity contribution in [1.82, 2.24) is 4.90 Å². The lowest BCUT2D eigenvalue weighted by molar-refractivity contribution is -0.402. The fourth-order valence-electron chi connectivity index (χ4n) is 2.04. The molecule has 0 saturated carbocycles. The number of hydrogen-bond acceptors (Lipinski definition) is 6. The van der Waals surface area contributed by atoms with E-state index in [1.165, 1.54) is 12.1 Å². The van der Waals surface area contributed by atoms with Crippen LogP contribution in [0.25, 0.3) is 0 Å².